The van der Waals surface area contributed by atoms with Gasteiger partial charge in [0.25, 0.3) is 0 Å². The normalized spacial score (nSPS) is 25.4. The van der Waals surface area contributed by atoms with Gasteiger partial charge in [-0.25, -0.2) is 0 Å². The lowest BCUT2D eigenvalue weighted by Crippen LogP contribution is -2.42. The van der Waals surface area contributed by atoms with Crippen molar-refractivity contribution in [3.63, 3.8) is 0 Å². The predicted octanol–water partition coefficient (Wildman–Crippen LogP) is 4.10. The van der Waals surface area contributed by atoms with Gasteiger partial charge >= 0.3 is 5.97 Å². The Hall–Kier alpha value is -1.49. The number of aliphatic carboxylic acids is 1. The van der Waals surface area contributed by atoms with Crippen LogP contribution in [0.2, 0.25) is 0 Å². The van der Waals surface area contributed by atoms with Gasteiger partial charge in [0.1, 0.15) is 0 Å². The van der Waals surface area contributed by atoms with Gasteiger partial charge in [-0.3, -0.25) is 9.59 Å². The molecule has 0 spiro atoms. The minimum Gasteiger partial charge on any atom is -0.481 e. The second kappa shape index (κ2) is 8.26. The van der Waals surface area contributed by atoms with Gasteiger partial charge in [-0.05, 0) is 50.7 Å². The fourth-order valence-electron chi connectivity index (χ4n) is 4.07. The van der Waals surface area contributed by atoms with E-state index in [4.69, 9.17) is 5.11 Å². The average Bonchev–Trinajstić information content (AvgIpc) is 3.09. The van der Waals surface area contributed by atoms with E-state index in [9.17, 15) is 9.59 Å². The fraction of sp³-hybridized carbons (Fsp3) is 0.600. The summed E-state index contributed by atoms with van der Waals surface area (Å²) >= 11 is 1.90. The number of hydrogen-bond acceptors (Lipinski definition) is 3. The molecule has 0 aromatic heterocycles. The van der Waals surface area contributed by atoms with Crippen molar-refractivity contribution in [2.45, 2.75) is 61.0 Å². The Labute approximate surface area is 153 Å². The van der Waals surface area contributed by atoms with E-state index in [0.29, 0.717) is 32.2 Å². The van der Waals surface area contributed by atoms with E-state index in [2.05, 4.69) is 29.6 Å². The zero-order chi connectivity index (χ0) is 17.7. The maximum absolute atomic E-state index is 12.6. The summed E-state index contributed by atoms with van der Waals surface area (Å²) in [5, 5.41) is 12.3. The molecular weight excluding hydrogens is 334 g/mol. The predicted molar refractivity (Wildman–Crippen MR) is 99.6 cm³/mol. The number of carbonyl (C=O) groups is 2. The zero-order valence-corrected chi connectivity index (χ0v) is 15.4. The third-order valence-corrected chi connectivity index (χ3v) is 7.12. The van der Waals surface area contributed by atoms with Crippen LogP contribution in [0.3, 0.4) is 0 Å². The minimum absolute atomic E-state index is 0.0178. The van der Waals surface area contributed by atoms with Crippen LogP contribution in [0.15, 0.2) is 35.2 Å². The van der Waals surface area contributed by atoms with E-state index in [1.807, 2.05) is 17.8 Å². The number of carboxylic acid groups (broad SMARTS) is 1. The highest BCUT2D eigenvalue weighted by atomic mass is 32.2. The molecule has 25 heavy (non-hydrogen) atoms. The van der Waals surface area contributed by atoms with Gasteiger partial charge in [0.05, 0.1) is 5.92 Å². The average molecular weight is 362 g/mol. The largest absolute Gasteiger partial charge is 0.481 e. The summed E-state index contributed by atoms with van der Waals surface area (Å²) in [5.74, 6) is -0.888. The third kappa shape index (κ3) is 4.78. The van der Waals surface area contributed by atoms with Crippen LogP contribution < -0.4 is 5.32 Å². The molecule has 4 nitrogen and oxygen atoms in total. The van der Waals surface area contributed by atoms with Crippen LogP contribution in [0, 0.1) is 11.8 Å². The molecule has 136 valence electrons. The van der Waals surface area contributed by atoms with Crippen molar-refractivity contribution in [2.75, 3.05) is 6.54 Å². The monoisotopic (exact) mass is 361 g/mol. The van der Waals surface area contributed by atoms with Crippen molar-refractivity contribution < 1.29 is 14.7 Å². The van der Waals surface area contributed by atoms with Crippen LogP contribution >= 0.6 is 11.8 Å². The lowest BCUT2D eigenvalue weighted by atomic mass is 9.81. The molecule has 2 aliphatic carbocycles. The van der Waals surface area contributed by atoms with Crippen molar-refractivity contribution in [1.29, 1.82) is 0 Å². The molecule has 0 bridgehead atoms. The summed E-state index contributed by atoms with van der Waals surface area (Å²) in [5.41, 5.74) is 0. The van der Waals surface area contributed by atoms with Gasteiger partial charge in [-0.2, -0.15) is 0 Å². The molecule has 3 rings (SSSR count). The van der Waals surface area contributed by atoms with Gasteiger partial charge in [-0.15, -0.1) is 11.8 Å². The molecule has 0 aliphatic heterocycles. The van der Waals surface area contributed by atoms with Crippen molar-refractivity contribution in [3.8, 4) is 0 Å². The molecule has 2 N–H and O–H groups in total. The molecule has 1 amide bonds. The number of amides is 1. The van der Waals surface area contributed by atoms with Gasteiger partial charge in [-0.1, -0.05) is 31.0 Å². The molecule has 5 heteroatoms. The highest BCUT2D eigenvalue weighted by molar-refractivity contribution is 8.00. The van der Waals surface area contributed by atoms with Crippen molar-refractivity contribution in [2.24, 2.45) is 11.8 Å². The Bertz CT molecular complexity index is 590. The summed E-state index contributed by atoms with van der Waals surface area (Å²) in [6.07, 6.45) is 7.36. The van der Waals surface area contributed by atoms with Gasteiger partial charge in [0.2, 0.25) is 5.91 Å². The molecule has 1 aromatic carbocycles. The van der Waals surface area contributed by atoms with Gasteiger partial charge in [0, 0.05) is 22.1 Å². The number of thioether (sulfide) groups is 1. The summed E-state index contributed by atoms with van der Waals surface area (Å²) in [6, 6.07) is 10.4. The third-order valence-electron chi connectivity index (χ3n) is 5.62. The number of carbonyl (C=O) groups excluding carboxylic acids is 1. The number of benzene rings is 1. The van der Waals surface area contributed by atoms with Crippen LogP contribution in [-0.2, 0) is 9.59 Å². The molecule has 2 saturated carbocycles. The molecule has 1 aromatic rings. The summed E-state index contributed by atoms with van der Waals surface area (Å²) in [7, 11) is 0. The quantitative estimate of drug-likeness (QED) is 0.800. The number of rotatable bonds is 6. The molecule has 0 saturated heterocycles. The first kappa shape index (κ1) is 18.3. The van der Waals surface area contributed by atoms with E-state index in [-0.39, 0.29) is 22.5 Å². The topological polar surface area (TPSA) is 66.4 Å². The van der Waals surface area contributed by atoms with E-state index < -0.39 is 5.97 Å². The smallest absolute Gasteiger partial charge is 0.306 e. The summed E-state index contributed by atoms with van der Waals surface area (Å²) in [4.78, 5) is 24.9. The molecule has 0 atom stereocenters. The molecule has 0 unspecified atom stereocenters. The molecule has 2 fully saturated rings. The fourth-order valence-corrected chi connectivity index (χ4v) is 5.50. The number of carboxylic acids is 1. The van der Waals surface area contributed by atoms with E-state index in [1.165, 1.54) is 17.7 Å². The lowest BCUT2D eigenvalue weighted by Gasteiger charge is -2.31. The van der Waals surface area contributed by atoms with Crippen molar-refractivity contribution in [1.82, 2.24) is 5.32 Å². The zero-order valence-electron chi connectivity index (χ0n) is 14.6. The molecular formula is C20H27NO3S. The van der Waals surface area contributed by atoms with Crippen LogP contribution in [0.4, 0.5) is 0 Å². The Kier molecular flexibility index (Phi) is 6.05. The lowest BCUT2D eigenvalue weighted by molar-refractivity contribution is -0.144. The molecule has 0 radical (unpaired) electrons. The van der Waals surface area contributed by atoms with Gasteiger partial charge in [0.15, 0.2) is 0 Å². The Morgan fingerprint density at radius 3 is 2.24 bits per heavy atom. The van der Waals surface area contributed by atoms with Crippen LogP contribution in [0.5, 0.6) is 0 Å². The first-order valence-corrected chi connectivity index (χ1v) is 10.1. The van der Waals surface area contributed by atoms with E-state index in [0.717, 1.165) is 12.8 Å². The highest BCUT2D eigenvalue weighted by Gasteiger charge is 2.36. The van der Waals surface area contributed by atoms with Gasteiger partial charge < -0.3 is 10.4 Å². The Morgan fingerprint density at radius 1 is 1.04 bits per heavy atom. The number of hydrogen-bond donors (Lipinski definition) is 2. The number of nitrogens with one attached hydrogen (secondary N) is 1. The Balaban J connectivity index is 1.53. The maximum Gasteiger partial charge on any atom is 0.306 e. The summed E-state index contributed by atoms with van der Waals surface area (Å²) in [6.45, 7) is 0.713. The van der Waals surface area contributed by atoms with Crippen LogP contribution in [-0.4, -0.2) is 28.3 Å². The second-order valence-corrected chi connectivity index (χ2v) is 8.95. The Morgan fingerprint density at radius 2 is 1.64 bits per heavy atom. The first-order valence-electron chi connectivity index (χ1n) is 9.33. The highest BCUT2D eigenvalue weighted by Crippen LogP contribution is 2.45. The minimum atomic E-state index is -0.719. The second-order valence-electron chi connectivity index (χ2n) is 7.41. The first-order chi connectivity index (χ1) is 12.1. The van der Waals surface area contributed by atoms with Crippen LogP contribution in [0.1, 0.15) is 51.4 Å². The maximum atomic E-state index is 12.6. The van der Waals surface area contributed by atoms with Crippen LogP contribution in [0.25, 0.3) is 0 Å². The molecule has 0 heterocycles. The SMILES string of the molecule is O=C(O)C1CCC(C(=O)NCC2(Sc3ccccc3)CCCC2)CC1. The standard InChI is InChI=1S/C20H27NO3S/c22-18(15-8-10-16(11-9-15)19(23)24)21-14-20(12-4-5-13-20)25-17-6-2-1-3-7-17/h1-3,6-7,15-16H,4-5,8-14H2,(H,21,22)(H,23,24). The summed E-state index contributed by atoms with van der Waals surface area (Å²) < 4.78 is 0.106. The van der Waals surface area contributed by atoms with Crippen molar-refractivity contribution >= 4 is 23.6 Å². The van der Waals surface area contributed by atoms with E-state index in [1.54, 1.807) is 0 Å². The molecule has 2 aliphatic rings. The van der Waals surface area contributed by atoms with Crippen molar-refractivity contribution in [3.05, 3.63) is 30.3 Å². The van der Waals surface area contributed by atoms with E-state index >= 15 is 0 Å².